The van der Waals surface area contributed by atoms with Crippen LogP contribution >= 0.6 is 0 Å². The van der Waals surface area contributed by atoms with Crippen LogP contribution in [0.15, 0.2) is 42.7 Å². The van der Waals surface area contributed by atoms with E-state index in [4.69, 9.17) is 4.74 Å². The van der Waals surface area contributed by atoms with Crippen LogP contribution in [0.1, 0.15) is 24.4 Å². The molecular weight excluding hydrogens is 278 g/mol. The minimum atomic E-state index is 0.354. The van der Waals surface area contributed by atoms with E-state index in [1.165, 1.54) is 12.0 Å². The third kappa shape index (κ3) is 2.16. The fourth-order valence-electron chi connectivity index (χ4n) is 3.09. The highest BCUT2D eigenvalue weighted by molar-refractivity contribution is 5.48. The zero-order valence-electron chi connectivity index (χ0n) is 12.4. The highest BCUT2D eigenvalue weighted by atomic mass is 16.5. The van der Waals surface area contributed by atoms with Crippen molar-refractivity contribution >= 4 is 11.5 Å². The smallest absolute Gasteiger partial charge is 0.177 e. The molecule has 1 aliphatic heterocycles. The average Bonchev–Trinajstić information content (AvgIpc) is 3.23. The molecule has 112 valence electrons. The number of hydrogen-bond acceptors (Lipinski definition) is 5. The molecule has 0 amide bonds. The molecule has 0 radical (unpaired) electrons. The Morgan fingerprint density at radius 1 is 1.14 bits per heavy atom. The maximum absolute atomic E-state index is 5.24. The third-order valence-electron chi connectivity index (χ3n) is 4.20. The van der Waals surface area contributed by atoms with Crippen LogP contribution in [0.4, 0.5) is 5.82 Å². The molecule has 1 atom stereocenters. The average molecular weight is 295 g/mol. The normalized spacial score (nSPS) is 18.0. The van der Waals surface area contributed by atoms with Crippen molar-refractivity contribution in [3.05, 3.63) is 48.3 Å². The molecule has 1 saturated heterocycles. The molecule has 2 aromatic heterocycles. The highest BCUT2D eigenvalue weighted by Gasteiger charge is 2.27. The van der Waals surface area contributed by atoms with Crippen molar-refractivity contribution in [1.29, 1.82) is 0 Å². The summed E-state index contributed by atoms with van der Waals surface area (Å²) in [5.41, 5.74) is 2.06. The second-order valence-electron chi connectivity index (χ2n) is 5.45. The third-order valence-corrected chi connectivity index (χ3v) is 4.20. The second-order valence-corrected chi connectivity index (χ2v) is 5.45. The summed E-state index contributed by atoms with van der Waals surface area (Å²) in [6.45, 7) is 1.01. The SMILES string of the molecule is COc1ccc(C2CCCN2c2ccc3nncn3n2)cc1. The lowest BCUT2D eigenvalue weighted by Crippen LogP contribution is -2.24. The molecular formula is C16H17N5O. The first-order valence-corrected chi connectivity index (χ1v) is 7.43. The van der Waals surface area contributed by atoms with Crippen molar-refractivity contribution in [3.8, 4) is 5.75 Å². The van der Waals surface area contributed by atoms with Gasteiger partial charge in [-0.1, -0.05) is 12.1 Å². The van der Waals surface area contributed by atoms with E-state index in [1.807, 2.05) is 24.3 Å². The number of methoxy groups -OCH3 is 1. The largest absolute Gasteiger partial charge is 0.497 e. The number of nitrogens with zero attached hydrogens (tertiary/aromatic N) is 5. The van der Waals surface area contributed by atoms with E-state index in [9.17, 15) is 0 Å². The van der Waals surface area contributed by atoms with Gasteiger partial charge in [-0.3, -0.25) is 0 Å². The molecule has 1 fully saturated rings. The van der Waals surface area contributed by atoms with Gasteiger partial charge in [0.1, 0.15) is 17.9 Å². The Hall–Kier alpha value is -2.63. The summed E-state index contributed by atoms with van der Waals surface area (Å²) in [6, 6.07) is 12.6. The summed E-state index contributed by atoms with van der Waals surface area (Å²) < 4.78 is 6.96. The monoisotopic (exact) mass is 295 g/mol. The molecule has 0 saturated carbocycles. The zero-order valence-corrected chi connectivity index (χ0v) is 12.4. The Kier molecular flexibility index (Phi) is 3.14. The Morgan fingerprint density at radius 2 is 2.00 bits per heavy atom. The molecule has 22 heavy (non-hydrogen) atoms. The van der Waals surface area contributed by atoms with E-state index < -0.39 is 0 Å². The fraction of sp³-hybridized carbons (Fsp3) is 0.312. The van der Waals surface area contributed by atoms with Crippen LogP contribution in [-0.2, 0) is 0 Å². The molecule has 0 aliphatic carbocycles. The van der Waals surface area contributed by atoms with Crippen molar-refractivity contribution in [2.24, 2.45) is 0 Å². The number of aromatic nitrogens is 4. The lowest BCUT2D eigenvalue weighted by molar-refractivity contribution is 0.414. The van der Waals surface area contributed by atoms with Gasteiger partial charge in [0.05, 0.1) is 13.2 Å². The Bertz CT molecular complexity index is 783. The maximum Gasteiger partial charge on any atom is 0.177 e. The van der Waals surface area contributed by atoms with E-state index in [0.717, 1.165) is 30.2 Å². The molecule has 0 bridgehead atoms. The summed E-state index contributed by atoms with van der Waals surface area (Å²) in [4.78, 5) is 2.35. The van der Waals surface area contributed by atoms with Crippen LogP contribution in [0.5, 0.6) is 5.75 Å². The van der Waals surface area contributed by atoms with Gasteiger partial charge in [0, 0.05) is 6.54 Å². The molecule has 0 N–H and O–H groups in total. The van der Waals surface area contributed by atoms with Crippen LogP contribution in [-0.4, -0.2) is 33.5 Å². The maximum atomic E-state index is 5.24. The second kappa shape index (κ2) is 5.29. The molecule has 1 unspecified atom stereocenters. The number of ether oxygens (including phenoxy) is 1. The first-order chi connectivity index (χ1) is 10.8. The van der Waals surface area contributed by atoms with Gasteiger partial charge < -0.3 is 9.64 Å². The van der Waals surface area contributed by atoms with Gasteiger partial charge in [-0.05, 0) is 42.7 Å². The van der Waals surface area contributed by atoms with Gasteiger partial charge in [-0.2, -0.15) is 4.52 Å². The quantitative estimate of drug-likeness (QED) is 0.743. The fourth-order valence-corrected chi connectivity index (χ4v) is 3.09. The predicted molar refractivity (Wildman–Crippen MR) is 83.1 cm³/mol. The number of fused-ring (bicyclic) bond motifs is 1. The van der Waals surface area contributed by atoms with Gasteiger partial charge in [0.15, 0.2) is 5.65 Å². The zero-order chi connectivity index (χ0) is 14.9. The topological polar surface area (TPSA) is 55.5 Å². The first kappa shape index (κ1) is 13.1. The van der Waals surface area contributed by atoms with Crippen LogP contribution in [0.3, 0.4) is 0 Å². The minimum Gasteiger partial charge on any atom is -0.497 e. The molecule has 0 spiro atoms. The summed E-state index contributed by atoms with van der Waals surface area (Å²) in [5.74, 6) is 1.85. The van der Waals surface area contributed by atoms with Crippen LogP contribution in [0.2, 0.25) is 0 Å². The van der Waals surface area contributed by atoms with Crippen molar-refractivity contribution in [2.45, 2.75) is 18.9 Å². The van der Waals surface area contributed by atoms with E-state index in [0.29, 0.717) is 6.04 Å². The molecule has 6 nitrogen and oxygen atoms in total. The van der Waals surface area contributed by atoms with Gasteiger partial charge in [0.2, 0.25) is 0 Å². The summed E-state index contributed by atoms with van der Waals surface area (Å²) in [7, 11) is 1.69. The Balaban J connectivity index is 1.67. The number of benzene rings is 1. The summed E-state index contributed by atoms with van der Waals surface area (Å²) in [6.07, 6.45) is 3.93. The number of hydrogen-bond donors (Lipinski definition) is 0. The number of anilines is 1. The predicted octanol–water partition coefficient (Wildman–Crippen LogP) is 2.47. The molecule has 1 aromatic carbocycles. The first-order valence-electron chi connectivity index (χ1n) is 7.43. The molecule has 3 aromatic rings. The van der Waals surface area contributed by atoms with E-state index in [2.05, 4.69) is 32.3 Å². The van der Waals surface area contributed by atoms with Crippen molar-refractivity contribution in [2.75, 3.05) is 18.6 Å². The highest BCUT2D eigenvalue weighted by Crippen LogP contribution is 2.35. The van der Waals surface area contributed by atoms with Crippen molar-refractivity contribution < 1.29 is 4.74 Å². The van der Waals surface area contributed by atoms with Crippen molar-refractivity contribution in [3.63, 3.8) is 0 Å². The molecule has 6 heteroatoms. The lowest BCUT2D eigenvalue weighted by atomic mass is 10.0. The summed E-state index contributed by atoms with van der Waals surface area (Å²) >= 11 is 0. The lowest BCUT2D eigenvalue weighted by Gasteiger charge is -2.26. The Morgan fingerprint density at radius 3 is 2.82 bits per heavy atom. The molecule has 4 rings (SSSR count). The molecule has 1 aliphatic rings. The van der Waals surface area contributed by atoms with E-state index in [-0.39, 0.29) is 0 Å². The van der Waals surface area contributed by atoms with Crippen LogP contribution < -0.4 is 9.64 Å². The van der Waals surface area contributed by atoms with E-state index >= 15 is 0 Å². The molecule has 3 heterocycles. The van der Waals surface area contributed by atoms with Crippen LogP contribution in [0, 0.1) is 0 Å². The van der Waals surface area contributed by atoms with Crippen LogP contribution in [0.25, 0.3) is 5.65 Å². The standard InChI is InChI=1S/C16H17N5O/c1-22-13-6-4-12(5-7-13)14-3-2-10-20(14)16-9-8-15-18-17-11-21(15)19-16/h4-9,11,14H,2-3,10H2,1H3. The summed E-state index contributed by atoms with van der Waals surface area (Å²) in [5, 5.41) is 12.5. The minimum absolute atomic E-state index is 0.354. The van der Waals surface area contributed by atoms with Gasteiger partial charge in [-0.25, -0.2) is 0 Å². The van der Waals surface area contributed by atoms with E-state index in [1.54, 1.807) is 18.0 Å². The van der Waals surface area contributed by atoms with Gasteiger partial charge >= 0.3 is 0 Å². The Labute approximate surface area is 128 Å². The number of rotatable bonds is 3. The van der Waals surface area contributed by atoms with Gasteiger partial charge in [-0.15, -0.1) is 15.3 Å². The van der Waals surface area contributed by atoms with Crippen molar-refractivity contribution in [1.82, 2.24) is 19.8 Å². The van der Waals surface area contributed by atoms with Gasteiger partial charge in [0.25, 0.3) is 0 Å².